The quantitative estimate of drug-likeness (QED) is 0.615. The highest BCUT2D eigenvalue weighted by Gasteiger charge is 2.29. The van der Waals surface area contributed by atoms with Crippen molar-refractivity contribution in [2.45, 2.75) is 71.3 Å². The molecule has 0 fully saturated rings. The Morgan fingerprint density at radius 1 is 1.13 bits per heavy atom. The van der Waals surface area contributed by atoms with Gasteiger partial charge in [-0.3, -0.25) is 4.79 Å². The number of ether oxygens (including phenoxy) is 2. The molecule has 0 saturated heterocycles. The molecule has 0 spiro atoms. The van der Waals surface area contributed by atoms with E-state index in [1.807, 2.05) is 31.2 Å². The van der Waals surface area contributed by atoms with Crippen LogP contribution in [-0.4, -0.2) is 25.1 Å². The van der Waals surface area contributed by atoms with Crippen LogP contribution < -0.4 is 10.1 Å². The number of benzene rings is 1. The summed E-state index contributed by atoms with van der Waals surface area (Å²) in [5, 5.41) is 3.52. The number of thiophene rings is 1. The summed E-state index contributed by atoms with van der Waals surface area (Å²) >= 11 is 1.48. The number of fused-ring (bicyclic) bond motifs is 1. The number of nitrogens with one attached hydrogen (secondary N) is 1. The largest absolute Gasteiger partial charge is 0.481 e. The Labute approximate surface area is 182 Å². The maximum absolute atomic E-state index is 13.0. The highest BCUT2D eigenvalue weighted by Crippen LogP contribution is 2.38. The number of rotatable bonds is 6. The number of methoxy groups -OCH3 is 1. The molecule has 1 unspecified atom stereocenters. The molecular formula is C24H31NO4S. The highest BCUT2D eigenvalue weighted by atomic mass is 32.1. The average Bonchev–Trinajstić information content (AvgIpc) is 3.08. The van der Waals surface area contributed by atoms with Crippen LogP contribution in [0.25, 0.3) is 0 Å². The average molecular weight is 430 g/mol. The molecule has 1 heterocycles. The second-order valence-corrected chi connectivity index (χ2v) is 9.79. The smallest absolute Gasteiger partial charge is 0.341 e. The Kier molecular flexibility index (Phi) is 6.86. The second-order valence-electron chi connectivity index (χ2n) is 8.68. The van der Waals surface area contributed by atoms with Gasteiger partial charge >= 0.3 is 5.97 Å². The summed E-state index contributed by atoms with van der Waals surface area (Å²) in [5.41, 5.74) is 2.80. The van der Waals surface area contributed by atoms with Crippen molar-refractivity contribution in [2.24, 2.45) is 0 Å². The van der Waals surface area contributed by atoms with Crippen LogP contribution in [0.2, 0.25) is 0 Å². The van der Waals surface area contributed by atoms with Crippen molar-refractivity contribution in [3.05, 3.63) is 45.8 Å². The van der Waals surface area contributed by atoms with Crippen LogP contribution in [0.5, 0.6) is 5.75 Å². The maximum Gasteiger partial charge on any atom is 0.341 e. The molecule has 1 N–H and O–H groups in total. The van der Waals surface area contributed by atoms with Gasteiger partial charge in [-0.25, -0.2) is 4.79 Å². The molecule has 0 aliphatic heterocycles. The topological polar surface area (TPSA) is 64.6 Å². The van der Waals surface area contributed by atoms with Crippen LogP contribution in [0.1, 0.15) is 73.3 Å². The Morgan fingerprint density at radius 2 is 1.80 bits per heavy atom. The molecule has 1 aromatic carbocycles. The molecule has 2 aromatic rings. The van der Waals surface area contributed by atoms with Crippen molar-refractivity contribution in [1.29, 1.82) is 0 Å². The third-order valence-corrected chi connectivity index (χ3v) is 6.67. The van der Waals surface area contributed by atoms with Gasteiger partial charge in [0.1, 0.15) is 10.8 Å². The van der Waals surface area contributed by atoms with E-state index in [2.05, 4.69) is 26.1 Å². The lowest BCUT2D eigenvalue weighted by atomic mass is 9.87. The zero-order chi connectivity index (χ0) is 21.9. The van der Waals surface area contributed by atoms with E-state index in [0.717, 1.165) is 31.2 Å². The van der Waals surface area contributed by atoms with E-state index < -0.39 is 12.1 Å². The first kappa shape index (κ1) is 22.3. The summed E-state index contributed by atoms with van der Waals surface area (Å²) in [6.45, 7) is 8.38. The van der Waals surface area contributed by atoms with Crippen molar-refractivity contribution in [1.82, 2.24) is 0 Å². The maximum atomic E-state index is 13.0. The van der Waals surface area contributed by atoms with Crippen LogP contribution in [0.3, 0.4) is 0 Å². The first-order chi connectivity index (χ1) is 14.2. The van der Waals surface area contributed by atoms with Gasteiger partial charge in [0, 0.05) is 4.88 Å². The molecule has 162 valence electrons. The minimum absolute atomic E-state index is 0.0582. The minimum Gasteiger partial charge on any atom is -0.481 e. The number of amides is 1. The lowest BCUT2D eigenvalue weighted by molar-refractivity contribution is -0.122. The summed E-state index contributed by atoms with van der Waals surface area (Å²) in [6.07, 6.45) is 3.81. The van der Waals surface area contributed by atoms with E-state index in [9.17, 15) is 9.59 Å². The summed E-state index contributed by atoms with van der Waals surface area (Å²) < 4.78 is 11.0. The van der Waals surface area contributed by atoms with Crippen LogP contribution in [0.4, 0.5) is 5.00 Å². The van der Waals surface area contributed by atoms with Gasteiger partial charge in [-0.05, 0) is 60.8 Å². The van der Waals surface area contributed by atoms with Gasteiger partial charge in [-0.2, -0.15) is 0 Å². The predicted molar refractivity (Wildman–Crippen MR) is 121 cm³/mol. The zero-order valence-electron chi connectivity index (χ0n) is 18.5. The molecular weight excluding hydrogens is 398 g/mol. The van der Waals surface area contributed by atoms with Gasteiger partial charge in [0.05, 0.1) is 12.7 Å². The molecule has 1 aliphatic rings. The van der Waals surface area contributed by atoms with Crippen LogP contribution in [0, 0.1) is 0 Å². The summed E-state index contributed by atoms with van der Waals surface area (Å²) in [5.74, 6) is 0.0150. The third-order valence-electron chi connectivity index (χ3n) is 5.46. The number of esters is 1. The first-order valence-electron chi connectivity index (χ1n) is 10.6. The fourth-order valence-corrected chi connectivity index (χ4v) is 4.96. The highest BCUT2D eigenvalue weighted by molar-refractivity contribution is 7.17. The van der Waals surface area contributed by atoms with Crippen molar-refractivity contribution < 1.29 is 19.1 Å². The lowest BCUT2D eigenvalue weighted by Gasteiger charge is -2.21. The van der Waals surface area contributed by atoms with E-state index in [-0.39, 0.29) is 11.3 Å². The molecule has 1 amide bonds. The van der Waals surface area contributed by atoms with Gasteiger partial charge in [0.2, 0.25) is 0 Å². The van der Waals surface area contributed by atoms with Gasteiger partial charge in [0.25, 0.3) is 5.91 Å². The van der Waals surface area contributed by atoms with Gasteiger partial charge in [-0.1, -0.05) is 39.8 Å². The Bertz CT molecular complexity index is 909. The van der Waals surface area contributed by atoms with E-state index in [4.69, 9.17) is 9.47 Å². The minimum atomic E-state index is -0.643. The second kappa shape index (κ2) is 9.21. The fraction of sp³-hybridized carbons (Fsp3) is 0.500. The van der Waals surface area contributed by atoms with Crippen LogP contribution >= 0.6 is 11.3 Å². The number of carbonyl (C=O) groups excluding carboxylic acids is 2. The lowest BCUT2D eigenvalue weighted by Crippen LogP contribution is -2.32. The van der Waals surface area contributed by atoms with Crippen LogP contribution in [-0.2, 0) is 27.8 Å². The van der Waals surface area contributed by atoms with E-state index in [1.165, 1.54) is 28.9 Å². The SMILES string of the molecule is CCC(Oc1ccc(C(C)(C)C)cc1)C(=O)Nc1sc2c(c1C(=O)OC)CCCC2. The standard InChI is InChI=1S/C24H31NO4S/c1-6-18(29-16-13-11-15(12-14-16)24(2,3)4)21(26)25-22-20(23(27)28-5)17-9-7-8-10-19(17)30-22/h11-14,18H,6-10H2,1-5H3,(H,25,26). The predicted octanol–water partition coefficient (Wildman–Crippen LogP) is 5.51. The van der Waals surface area contributed by atoms with Gasteiger partial charge in [-0.15, -0.1) is 11.3 Å². The van der Waals surface area contributed by atoms with E-state index >= 15 is 0 Å². The fourth-order valence-electron chi connectivity index (χ4n) is 3.68. The van der Waals surface area contributed by atoms with Crippen molar-refractivity contribution in [2.75, 3.05) is 12.4 Å². The van der Waals surface area contributed by atoms with Crippen molar-refractivity contribution in [3.8, 4) is 5.75 Å². The van der Waals surface area contributed by atoms with Gasteiger partial charge in [0.15, 0.2) is 6.10 Å². The van der Waals surface area contributed by atoms with E-state index in [0.29, 0.717) is 22.7 Å². The number of aryl methyl sites for hydroxylation is 1. The summed E-state index contributed by atoms with van der Waals surface area (Å²) in [7, 11) is 1.38. The monoisotopic (exact) mass is 429 g/mol. The van der Waals surface area contributed by atoms with Crippen LogP contribution in [0.15, 0.2) is 24.3 Å². The molecule has 3 rings (SSSR count). The molecule has 0 saturated carbocycles. The number of hydrogen-bond donors (Lipinski definition) is 1. The molecule has 1 aromatic heterocycles. The van der Waals surface area contributed by atoms with E-state index in [1.54, 1.807) is 0 Å². The molecule has 0 radical (unpaired) electrons. The van der Waals surface area contributed by atoms with Crippen molar-refractivity contribution >= 4 is 28.2 Å². The Morgan fingerprint density at radius 3 is 2.40 bits per heavy atom. The first-order valence-corrected chi connectivity index (χ1v) is 11.4. The molecule has 1 aliphatic carbocycles. The Balaban J connectivity index is 1.77. The molecule has 5 nitrogen and oxygen atoms in total. The molecule has 1 atom stereocenters. The number of carbonyl (C=O) groups is 2. The Hall–Kier alpha value is -2.34. The molecule has 6 heteroatoms. The van der Waals surface area contributed by atoms with Gasteiger partial charge < -0.3 is 14.8 Å². The number of hydrogen-bond acceptors (Lipinski definition) is 5. The normalized spacial score (nSPS) is 14.6. The molecule has 0 bridgehead atoms. The zero-order valence-corrected chi connectivity index (χ0v) is 19.3. The summed E-state index contributed by atoms with van der Waals surface area (Å²) in [4.78, 5) is 26.5. The third kappa shape index (κ3) is 4.86. The number of anilines is 1. The summed E-state index contributed by atoms with van der Waals surface area (Å²) in [6, 6.07) is 7.87. The molecule has 30 heavy (non-hydrogen) atoms. The van der Waals surface area contributed by atoms with Crippen molar-refractivity contribution in [3.63, 3.8) is 0 Å².